The lowest BCUT2D eigenvalue weighted by molar-refractivity contribution is -0.122. The maximum Gasteiger partial charge on any atom is 0.248 e. The number of benzene rings is 1. The zero-order valence-corrected chi connectivity index (χ0v) is 12.6. The first-order chi connectivity index (χ1) is 10.6. The van der Waals surface area contributed by atoms with Crippen LogP contribution in [0.3, 0.4) is 0 Å². The predicted octanol–water partition coefficient (Wildman–Crippen LogP) is 0.186. The van der Waals surface area contributed by atoms with Gasteiger partial charge in [0.15, 0.2) is 0 Å². The molecule has 22 heavy (non-hydrogen) atoms. The van der Waals surface area contributed by atoms with Crippen LogP contribution in [0.5, 0.6) is 0 Å². The third kappa shape index (κ3) is 3.76. The second-order valence-electron chi connectivity index (χ2n) is 6.02. The average molecular weight is 302 g/mol. The van der Waals surface area contributed by atoms with E-state index < -0.39 is 5.91 Å². The van der Waals surface area contributed by atoms with E-state index in [0.717, 1.165) is 44.7 Å². The molecule has 118 valence electrons. The van der Waals surface area contributed by atoms with Crippen LogP contribution < -0.4 is 16.0 Å². The Labute approximate surface area is 130 Å². The van der Waals surface area contributed by atoms with Crippen LogP contribution in [0.25, 0.3) is 0 Å². The zero-order chi connectivity index (χ0) is 15.5. The van der Waals surface area contributed by atoms with Gasteiger partial charge in [-0.05, 0) is 37.1 Å². The molecule has 1 saturated heterocycles. The van der Waals surface area contributed by atoms with Gasteiger partial charge < -0.3 is 16.0 Å². The molecule has 1 aromatic carbocycles. The maximum absolute atomic E-state index is 11.8. The molecule has 3 rings (SSSR count). The highest BCUT2D eigenvalue weighted by atomic mass is 16.2. The second kappa shape index (κ2) is 6.36. The fourth-order valence-electron chi connectivity index (χ4n) is 2.70. The minimum Gasteiger partial charge on any atom is -0.369 e. The molecule has 1 aromatic rings. The lowest BCUT2D eigenvalue weighted by Gasteiger charge is -2.35. The van der Waals surface area contributed by atoms with E-state index in [0.29, 0.717) is 18.2 Å². The molecule has 0 aromatic heterocycles. The Morgan fingerprint density at radius 2 is 1.73 bits per heavy atom. The molecule has 2 fully saturated rings. The largest absolute Gasteiger partial charge is 0.369 e. The van der Waals surface area contributed by atoms with Crippen molar-refractivity contribution >= 4 is 17.5 Å². The Bertz CT molecular complexity index is 546. The van der Waals surface area contributed by atoms with Crippen LogP contribution in [0.4, 0.5) is 5.69 Å². The Morgan fingerprint density at radius 1 is 1.09 bits per heavy atom. The van der Waals surface area contributed by atoms with Gasteiger partial charge in [0.2, 0.25) is 11.8 Å². The number of nitrogens with zero attached hydrogens (tertiary/aromatic N) is 2. The van der Waals surface area contributed by atoms with E-state index in [1.807, 2.05) is 12.1 Å². The molecule has 6 heteroatoms. The molecule has 6 nitrogen and oxygen atoms in total. The molecule has 1 aliphatic carbocycles. The highest BCUT2D eigenvalue weighted by molar-refractivity contribution is 5.93. The third-order valence-electron chi connectivity index (χ3n) is 4.20. The summed E-state index contributed by atoms with van der Waals surface area (Å²) in [6.07, 6.45) is 2.25. The molecule has 0 atom stereocenters. The number of primary amides is 1. The van der Waals surface area contributed by atoms with Crippen LogP contribution in [0, 0.1) is 0 Å². The van der Waals surface area contributed by atoms with E-state index in [-0.39, 0.29) is 5.91 Å². The van der Waals surface area contributed by atoms with Gasteiger partial charge in [-0.2, -0.15) is 0 Å². The smallest absolute Gasteiger partial charge is 0.248 e. The molecule has 0 radical (unpaired) electrons. The van der Waals surface area contributed by atoms with Crippen molar-refractivity contribution in [1.82, 2.24) is 10.2 Å². The van der Waals surface area contributed by atoms with Crippen LogP contribution >= 0.6 is 0 Å². The minimum absolute atomic E-state index is 0.141. The monoisotopic (exact) mass is 302 g/mol. The minimum atomic E-state index is -0.405. The van der Waals surface area contributed by atoms with Crippen molar-refractivity contribution < 1.29 is 9.59 Å². The summed E-state index contributed by atoms with van der Waals surface area (Å²) >= 11 is 0. The number of hydrogen-bond donors (Lipinski definition) is 2. The van der Waals surface area contributed by atoms with E-state index in [9.17, 15) is 9.59 Å². The summed E-state index contributed by atoms with van der Waals surface area (Å²) in [7, 11) is 0. The van der Waals surface area contributed by atoms with E-state index in [1.54, 1.807) is 12.1 Å². The van der Waals surface area contributed by atoms with E-state index >= 15 is 0 Å². The third-order valence-corrected chi connectivity index (χ3v) is 4.20. The quantitative estimate of drug-likeness (QED) is 0.813. The molecule has 2 amide bonds. The van der Waals surface area contributed by atoms with Gasteiger partial charge in [0.25, 0.3) is 0 Å². The number of nitrogens with one attached hydrogen (secondary N) is 1. The summed E-state index contributed by atoms with van der Waals surface area (Å²) in [6, 6.07) is 7.79. The topological polar surface area (TPSA) is 78.7 Å². The number of nitrogens with two attached hydrogens (primary N) is 1. The van der Waals surface area contributed by atoms with Gasteiger partial charge in [0.05, 0.1) is 6.54 Å². The molecule has 1 aliphatic heterocycles. The summed E-state index contributed by atoms with van der Waals surface area (Å²) in [4.78, 5) is 27.3. The average Bonchev–Trinajstić information content (AvgIpc) is 3.32. The lowest BCUT2D eigenvalue weighted by atomic mass is 10.1. The second-order valence-corrected chi connectivity index (χ2v) is 6.02. The standard InChI is InChI=1S/C16H22N4O2/c17-16(22)12-1-5-14(6-2-12)20-9-7-19(8-10-20)11-15(21)18-13-3-4-13/h1-2,5-6,13H,3-4,7-11H2,(H2,17,22)(H,18,21). The fourth-order valence-corrected chi connectivity index (χ4v) is 2.70. The van der Waals surface area contributed by atoms with Crippen molar-refractivity contribution in [3.63, 3.8) is 0 Å². The number of hydrogen-bond acceptors (Lipinski definition) is 4. The molecule has 3 N–H and O–H groups in total. The van der Waals surface area contributed by atoms with Crippen molar-refractivity contribution in [2.75, 3.05) is 37.6 Å². The number of carbonyl (C=O) groups is 2. The first-order valence-corrected chi connectivity index (χ1v) is 7.78. The SMILES string of the molecule is NC(=O)c1ccc(N2CCN(CC(=O)NC3CC3)CC2)cc1. The highest BCUT2D eigenvalue weighted by Gasteiger charge is 2.25. The normalized spacial score (nSPS) is 19.0. The number of amides is 2. The van der Waals surface area contributed by atoms with Crippen LogP contribution in [0.1, 0.15) is 23.2 Å². The van der Waals surface area contributed by atoms with Gasteiger partial charge in [0, 0.05) is 43.5 Å². The molecule has 0 spiro atoms. The fraction of sp³-hybridized carbons (Fsp3) is 0.500. The zero-order valence-electron chi connectivity index (χ0n) is 12.6. The Hall–Kier alpha value is -2.08. The van der Waals surface area contributed by atoms with Crippen LogP contribution in [-0.4, -0.2) is 55.5 Å². The summed E-state index contributed by atoms with van der Waals surface area (Å²) in [5.74, 6) is -0.264. The predicted molar refractivity (Wildman–Crippen MR) is 84.8 cm³/mol. The maximum atomic E-state index is 11.8. The van der Waals surface area contributed by atoms with Crippen molar-refractivity contribution in [1.29, 1.82) is 0 Å². The van der Waals surface area contributed by atoms with Crippen LogP contribution in [0.15, 0.2) is 24.3 Å². The molecule has 1 saturated carbocycles. The summed E-state index contributed by atoms with van der Waals surface area (Å²) in [6.45, 7) is 4.00. The Kier molecular flexibility index (Phi) is 4.29. The summed E-state index contributed by atoms with van der Waals surface area (Å²) in [5, 5.41) is 3.02. The first-order valence-electron chi connectivity index (χ1n) is 7.78. The van der Waals surface area contributed by atoms with Crippen molar-refractivity contribution in [3.8, 4) is 0 Å². The summed E-state index contributed by atoms with van der Waals surface area (Å²) < 4.78 is 0. The van der Waals surface area contributed by atoms with Gasteiger partial charge in [-0.3, -0.25) is 14.5 Å². The van der Waals surface area contributed by atoms with Crippen LogP contribution in [-0.2, 0) is 4.79 Å². The number of anilines is 1. The molecular weight excluding hydrogens is 280 g/mol. The van der Waals surface area contributed by atoms with E-state index in [1.165, 1.54) is 0 Å². The highest BCUT2D eigenvalue weighted by Crippen LogP contribution is 2.19. The number of rotatable bonds is 5. The van der Waals surface area contributed by atoms with E-state index in [2.05, 4.69) is 15.1 Å². The van der Waals surface area contributed by atoms with Gasteiger partial charge in [-0.15, -0.1) is 0 Å². The Balaban J connectivity index is 1.48. The number of piperazine rings is 1. The van der Waals surface area contributed by atoms with Crippen molar-refractivity contribution in [2.45, 2.75) is 18.9 Å². The van der Waals surface area contributed by atoms with Gasteiger partial charge in [-0.1, -0.05) is 0 Å². The molecule has 2 aliphatic rings. The van der Waals surface area contributed by atoms with Gasteiger partial charge >= 0.3 is 0 Å². The molecule has 0 unspecified atom stereocenters. The Morgan fingerprint density at radius 3 is 2.27 bits per heavy atom. The van der Waals surface area contributed by atoms with E-state index in [4.69, 9.17) is 5.73 Å². The first kappa shape index (κ1) is 14.8. The molecule has 0 bridgehead atoms. The molecule has 1 heterocycles. The van der Waals surface area contributed by atoms with Gasteiger partial charge in [0.1, 0.15) is 0 Å². The number of carbonyl (C=O) groups excluding carboxylic acids is 2. The van der Waals surface area contributed by atoms with Crippen molar-refractivity contribution in [2.24, 2.45) is 5.73 Å². The van der Waals surface area contributed by atoms with Gasteiger partial charge in [-0.25, -0.2) is 0 Å². The lowest BCUT2D eigenvalue weighted by Crippen LogP contribution is -2.49. The van der Waals surface area contributed by atoms with Crippen molar-refractivity contribution in [3.05, 3.63) is 29.8 Å². The van der Waals surface area contributed by atoms with Crippen LogP contribution in [0.2, 0.25) is 0 Å². The summed E-state index contributed by atoms with van der Waals surface area (Å²) in [5.41, 5.74) is 6.87. The molecular formula is C16H22N4O2.